The first-order chi connectivity index (χ1) is 7.60. The van der Waals surface area contributed by atoms with E-state index < -0.39 is 5.92 Å². The van der Waals surface area contributed by atoms with E-state index in [4.69, 9.17) is 10.00 Å². The maximum absolute atomic E-state index is 12.1. The molecule has 0 spiro atoms. The van der Waals surface area contributed by atoms with Crippen molar-refractivity contribution in [2.24, 2.45) is 11.8 Å². The summed E-state index contributed by atoms with van der Waals surface area (Å²) in [5, 5.41) is 10.8. The van der Waals surface area contributed by atoms with Gasteiger partial charge in [-0.2, -0.15) is 5.26 Å². The zero-order chi connectivity index (χ0) is 12.1. The molecule has 0 N–H and O–H groups in total. The van der Waals surface area contributed by atoms with Crippen LogP contribution in [0.5, 0.6) is 5.75 Å². The highest BCUT2D eigenvalue weighted by atomic mass is 32.1. The van der Waals surface area contributed by atoms with Crippen molar-refractivity contribution in [3.05, 3.63) is 16.3 Å². The lowest BCUT2D eigenvalue weighted by molar-refractivity contribution is 0.0938. The second-order valence-corrected chi connectivity index (χ2v) is 4.91. The number of ether oxygens (including phenoxy) is 1. The van der Waals surface area contributed by atoms with Gasteiger partial charge in [0.25, 0.3) is 0 Å². The van der Waals surface area contributed by atoms with Gasteiger partial charge >= 0.3 is 0 Å². The number of nitriles is 1. The number of thiophene rings is 1. The SMILES string of the molecule is COc1ccsc1C(=O)C(C#N)CC(C)C. The van der Waals surface area contributed by atoms with Crippen LogP contribution >= 0.6 is 11.3 Å². The van der Waals surface area contributed by atoms with Crippen molar-refractivity contribution >= 4 is 17.1 Å². The van der Waals surface area contributed by atoms with Crippen LogP contribution < -0.4 is 4.74 Å². The Kier molecular flexibility index (Phi) is 4.51. The molecule has 1 rings (SSSR count). The van der Waals surface area contributed by atoms with E-state index in [0.717, 1.165) is 0 Å². The van der Waals surface area contributed by atoms with Gasteiger partial charge in [-0.1, -0.05) is 13.8 Å². The third-order valence-corrected chi connectivity index (χ3v) is 3.16. The fourth-order valence-electron chi connectivity index (χ4n) is 1.49. The Morgan fingerprint density at radius 2 is 2.31 bits per heavy atom. The highest BCUT2D eigenvalue weighted by Gasteiger charge is 2.24. The van der Waals surface area contributed by atoms with E-state index in [-0.39, 0.29) is 5.78 Å². The molecule has 1 aromatic rings. The number of hydrogen-bond acceptors (Lipinski definition) is 4. The highest BCUT2D eigenvalue weighted by Crippen LogP contribution is 2.28. The Bertz CT molecular complexity index is 403. The molecule has 4 heteroatoms. The Balaban J connectivity index is 2.88. The number of rotatable bonds is 5. The third kappa shape index (κ3) is 2.83. The van der Waals surface area contributed by atoms with Gasteiger partial charge in [-0.3, -0.25) is 4.79 Å². The summed E-state index contributed by atoms with van der Waals surface area (Å²) in [4.78, 5) is 12.6. The molecule has 3 nitrogen and oxygen atoms in total. The molecule has 0 saturated heterocycles. The van der Waals surface area contributed by atoms with Gasteiger partial charge in [-0.25, -0.2) is 0 Å². The van der Waals surface area contributed by atoms with E-state index >= 15 is 0 Å². The molecule has 0 bridgehead atoms. The van der Waals surface area contributed by atoms with Crippen LogP contribution in [0, 0.1) is 23.2 Å². The maximum Gasteiger partial charge on any atom is 0.193 e. The third-order valence-electron chi connectivity index (χ3n) is 2.25. The molecule has 1 heterocycles. The largest absolute Gasteiger partial charge is 0.495 e. The molecular weight excluding hydrogens is 222 g/mol. The van der Waals surface area contributed by atoms with Gasteiger partial charge in [-0.05, 0) is 23.8 Å². The molecule has 0 saturated carbocycles. The molecule has 16 heavy (non-hydrogen) atoms. The smallest absolute Gasteiger partial charge is 0.193 e. The zero-order valence-corrected chi connectivity index (χ0v) is 10.5. The van der Waals surface area contributed by atoms with Crippen LogP contribution in [0.25, 0.3) is 0 Å². The fourth-order valence-corrected chi connectivity index (χ4v) is 2.34. The molecule has 0 aliphatic rings. The van der Waals surface area contributed by atoms with Gasteiger partial charge in [0.1, 0.15) is 16.5 Å². The van der Waals surface area contributed by atoms with Gasteiger partial charge in [0.15, 0.2) is 5.78 Å². The molecule has 0 radical (unpaired) electrons. The van der Waals surface area contributed by atoms with Crippen molar-refractivity contribution in [2.45, 2.75) is 20.3 Å². The second kappa shape index (κ2) is 5.66. The van der Waals surface area contributed by atoms with Gasteiger partial charge in [-0.15, -0.1) is 11.3 Å². The summed E-state index contributed by atoms with van der Waals surface area (Å²) >= 11 is 1.33. The molecule has 1 atom stereocenters. The summed E-state index contributed by atoms with van der Waals surface area (Å²) in [7, 11) is 1.53. The van der Waals surface area contributed by atoms with Crippen LogP contribution in [-0.4, -0.2) is 12.9 Å². The number of carbonyl (C=O) groups is 1. The van der Waals surface area contributed by atoms with E-state index in [1.807, 2.05) is 13.8 Å². The summed E-state index contributed by atoms with van der Waals surface area (Å²) in [5.41, 5.74) is 0. The quantitative estimate of drug-likeness (QED) is 0.739. The van der Waals surface area contributed by atoms with Crippen molar-refractivity contribution in [1.82, 2.24) is 0 Å². The van der Waals surface area contributed by atoms with Crippen molar-refractivity contribution in [3.8, 4) is 11.8 Å². The highest BCUT2D eigenvalue weighted by molar-refractivity contribution is 7.12. The summed E-state index contributed by atoms with van der Waals surface area (Å²) < 4.78 is 5.09. The number of hydrogen-bond donors (Lipinski definition) is 0. The van der Waals surface area contributed by atoms with E-state index in [1.54, 1.807) is 11.4 Å². The number of carbonyl (C=O) groups excluding carboxylic acids is 1. The predicted octanol–water partition coefficient (Wildman–Crippen LogP) is 3.13. The lowest BCUT2D eigenvalue weighted by Crippen LogP contribution is -2.14. The molecule has 0 aliphatic carbocycles. The molecule has 86 valence electrons. The lowest BCUT2D eigenvalue weighted by Gasteiger charge is -2.10. The summed E-state index contributed by atoms with van der Waals surface area (Å²) in [6.45, 7) is 4.01. The first-order valence-corrected chi connectivity index (χ1v) is 6.03. The van der Waals surface area contributed by atoms with Gasteiger partial charge in [0.2, 0.25) is 0 Å². The Morgan fingerprint density at radius 1 is 1.62 bits per heavy atom. The Hall–Kier alpha value is -1.34. The van der Waals surface area contributed by atoms with Gasteiger partial charge < -0.3 is 4.74 Å². The van der Waals surface area contributed by atoms with Crippen LogP contribution in [-0.2, 0) is 0 Å². The minimum Gasteiger partial charge on any atom is -0.495 e. The molecule has 0 aromatic carbocycles. The Labute approximate surface area is 99.7 Å². The first kappa shape index (κ1) is 12.7. The Morgan fingerprint density at radius 3 is 2.81 bits per heavy atom. The van der Waals surface area contributed by atoms with Crippen molar-refractivity contribution in [3.63, 3.8) is 0 Å². The molecule has 0 aliphatic heterocycles. The lowest BCUT2D eigenvalue weighted by atomic mass is 9.94. The van der Waals surface area contributed by atoms with Crippen molar-refractivity contribution in [2.75, 3.05) is 7.11 Å². The van der Waals surface area contributed by atoms with E-state index in [9.17, 15) is 4.79 Å². The van der Waals surface area contributed by atoms with Gasteiger partial charge in [0, 0.05) is 0 Å². The maximum atomic E-state index is 12.1. The van der Waals surface area contributed by atoms with Crippen molar-refractivity contribution in [1.29, 1.82) is 5.26 Å². The van der Waals surface area contributed by atoms with E-state index in [1.165, 1.54) is 18.4 Å². The molecule has 0 fully saturated rings. The summed E-state index contributed by atoms with van der Waals surface area (Å²) in [6, 6.07) is 3.83. The monoisotopic (exact) mass is 237 g/mol. The summed E-state index contributed by atoms with van der Waals surface area (Å²) in [6.07, 6.45) is 0.594. The average molecular weight is 237 g/mol. The number of ketones is 1. The van der Waals surface area contributed by atoms with Crippen LogP contribution in [0.3, 0.4) is 0 Å². The normalized spacial score (nSPS) is 12.2. The standard InChI is InChI=1S/C12H15NO2S/c1-8(2)6-9(7-13)11(14)12-10(15-3)4-5-16-12/h4-5,8-9H,6H2,1-3H3. The zero-order valence-electron chi connectivity index (χ0n) is 9.69. The molecule has 1 aromatic heterocycles. The van der Waals surface area contributed by atoms with Crippen LogP contribution in [0.2, 0.25) is 0 Å². The fraction of sp³-hybridized carbons (Fsp3) is 0.500. The summed E-state index contributed by atoms with van der Waals surface area (Å²) in [5.74, 6) is 0.217. The number of nitrogens with zero attached hydrogens (tertiary/aromatic N) is 1. The van der Waals surface area contributed by atoms with E-state index in [0.29, 0.717) is 23.0 Å². The molecule has 0 amide bonds. The average Bonchev–Trinajstić information content (AvgIpc) is 2.72. The number of Topliss-reactive ketones (excluding diaryl/α,β-unsaturated/α-hetero) is 1. The second-order valence-electron chi connectivity index (χ2n) is 3.99. The minimum absolute atomic E-state index is 0.122. The van der Waals surface area contributed by atoms with Crippen molar-refractivity contribution < 1.29 is 9.53 Å². The topological polar surface area (TPSA) is 50.1 Å². The van der Waals surface area contributed by atoms with Crippen LogP contribution in [0.15, 0.2) is 11.4 Å². The van der Waals surface area contributed by atoms with Gasteiger partial charge in [0.05, 0.1) is 13.2 Å². The van der Waals surface area contributed by atoms with Crippen LogP contribution in [0.4, 0.5) is 0 Å². The predicted molar refractivity (Wildman–Crippen MR) is 63.8 cm³/mol. The number of methoxy groups -OCH3 is 1. The van der Waals surface area contributed by atoms with E-state index in [2.05, 4.69) is 6.07 Å². The minimum atomic E-state index is -0.562. The molecular formula is C12H15NO2S. The van der Waals surface area contributed by atoms with Crippen LogP contribution in [0.1, 0.15) is 29.9 Å². The molecule has 1 unspecified atom stereocenters. The first-order valence-electron chi connectivity index (χ1n) is 5.15.